The smallest absolute Gasteiger partial charge is 0.249 e. The molecule has 0 bridgehead atoms. The average Bonchev–Trinajstić information content (AvgIpc) is 3.33. The number of rotatable bonds is 14. The van der Waals surface area contributed by atoms with Gasteiger partial charge in [0.05, 0.1) is 12.1 Å². The fourth-order valence-corrected chi connectivity index (χ4v) is 6.05. The van der Waals surface area contributed by atoms with E-state index in [-0.39, 0.29) is 36.4 Å². The highest BCUT2D eigenvalue weighted by atomic mass is 16.3. The third kappa shape index (κ3) is 9.65. The number of aliphatic hydroxyl groups is 2. The van der Waals surface area contributed by atoms with E-state index in [1.807, 2.05) is 13.8 Å². The summed E-state index contributed by atoms with van der Waals surface area (Å²) in [6, 6.07) is 2.99. The molecule has 1 aliphatic carbocycles. The summed E-state index contributed by atoms with van der Waals surface area (Å²) in [6.07, 6.45) is 1.48. The number of nitrogens with one attached hydrogen (secondary N) is 2. The maximum absolute atomic E-state index is 14.2. The number of fused-ring (bicyclic) bond motifs is 1. The number of phenols is 1. The van der Waals surface area contributed by atoms with Crippen molar-refractivity contribution in [3.8, 4) is 5.75 Å². The van der Waals surface area contributed by atoms with E-state index in [2.05, 4.69) is 15.6 Å². The van der Waals surface area contributed by atoms with Crippen LogP contribution in [0.25, 0.3) is 0 Å². The second kappa shape index (κ2) is 15.7. The van der Waals surface area contributed by atoms with Crippen LogP contribution < -0.4 is 22.1 Å². The third-order valence-corrected chi connectivity index (χ3v) is 8.15. The maximum atomic E-state index is 14.2. The number of aldehydes is 1. The van der Waals surface area contributed by atoms with Crippen molar-refractivity contribution in [2.75, 3.05) is 6.54 Å². The third-order valence-electron chi connectivity index (χ3n) is 8.15. The zero-order chi connectivity index (χ0) is 31.7. The van der Waals surface area contributed by atoms with E-state index in [1.54, 1.807) is 12.1 Å². The molecule has 13 nitrogen and oxygen atoms in total. The topological polar surface area (TPSA) is 221 Å². The molecule has 1 heterocycles. The average molecular weight is 603 g/mol. The number of benzene rings is 1. The van der Waals surface area contributed by atoms with E-state index in [9.17, 15) is 34.5 Å². The number of hydrogen-bond donors (Lipinski definition) is 7. The van der Waals surface area contributed by atoms with Gasteiger partial charge >= 0.3 is 0 Å². The summed E-state index contributed by atoms with van der Waals surface area (Å²) in [5.74, 6) is -1.69. The van der Waals surface area contributed by atoms with Gasteiger partial charge in [0.2, 0.25) is 17.7 Å². The van der Waals surface area contributed by atoms with Gasteiger partial charge in [0.1, 0.15) is 30.2 Å². The van der Waals surface area contributed by atoms with Crippen molar-refractivity contribution < 1.29 is 34.5 Å². The van der Waals surface area contributed by atoms with Crippen LogP contribution in [-0.2, 0) is 25.6 Å². The molecule has 0 unspecified atom stereocenters. The lowest BCUT2D eigenvalue weighted by atomic mass is 9.83. The number of aromatic hydroxyl groups is 1. The molecule has 1 aromatic carbocycles. The predicted octanol–water partition coefficient (Wildman–Crippen LogP) is -0.306. The number of aliphatic hydroxyl groups excluding tert-OH is 2. The molecule has 7 atom stereocenters. The van der Waals surface area contributed by atoms with Crippen LogP contribution in [0, 0.1) is 11.8 Å². The lowest BCUT2D eigenvalue weighted by molar-refractivity contribution is -0.146. The molecule has 0 spiro atoms. The van der Waals surface area contributed by atoms with Crippen molar-refractivity contribution in [3.63, 3.8) is 0 Å². The van der Waals surface area contributed by atoms with Crippen LogP contribution in [0.3, 0.4) is 0 Å². The van der Waals surface area contributed by atoms with Crippen LogP contribution in [0.1, 0.15) is 64.4 Å². The van der Waals surface area contributed by atoms with E-state index < -0.39 is 54.1 Å². The first-order valence-electron chi connectivity index (χ1n) is 15.0. The predicted molar refractivity (Wildman–Crippen MR) is 159 cm³/mol. The van der Waals surface area contributed by atoms with Crippen LogP contribution in [0.5, 0.6) is 5.75 Å². The highest BCUT2D eigenvalue weighted by molar-refractivity contribution is 5.94. The summed E-state index contributed by atoms with van der Waals surface area (Å²) in [6.45, 7) is 4.10. The fraction of sp³-hybridized carbons (Fsp3) is 0.633. The van der Waals surface area contributed by atoms with E-state index in [1.165, 1.54) is 17.0 Å². The van der Waals surface area contributed by atoms with Crippen molar-refractivity contribution in [2.24, 2.45) is 28.3 Å². The lowest BCUT2D eigenvalue weighted by Gasteiger charge is -2.38. The second-order valence-corrected chi connectivity index (χ2v) is 12.1. The normalized spacial score (nSPS) is 23.5. The molecular formula is C30H46N6O7. The number of carbonyl (C=O) groups excluding carboxylic acids is 4. The van der Waals surface area contributed by atoms with Crippen LogP contribution in [-0.4, -0.2) is 93.1 Å². The number of guanidine groups is 1. The van der Waals surface area contributed by atoms with E-state index >= 15 is 0 Å². The summed E-state index contributed by atoms with van der Waals surface area (Å²) in [5.41, 5.74) is 11.3. The van der Waals surface area contributed by atoms with Gasteiger partial charge in [0, 0.05) is 19.0 Å². The Hall–Kier alpha value is -3.71. The molecule has 9 N–H and O–H groups in total. The number of hydrogen-bond acceptors (Lipinski definition) is 8. The van der Waals surface area contributed by atoms with Gasteiger partial charge in [-0.2, -0.15) is 0 Å². The zero-order valence-electron chi connectivity index (χ0n) is 24.9. The SMILES string of the molecule is CC(C)C[C@@H](NC(=O)[C@H](O)Cc1ccc(O)cc1)C(=O)N1[C@H](C(=O)N[C@H](C=O)CCCN=C(N)N)C[C@@H]2CC[C@@H](O)C[C@@H]21. The number of amides is 3. The maximum Gasteiger partial charge on any atom is 0.249 e. The van der Waals surface area contributed by atoms with Crippen LogP contribution in [0.2, 0.25) is 0 Å². The number of nitrogens with zero attached hydrogens (tertiary/aromatic N) is 2. The first-order chi connectivity index (χ1) is 20.4. The molecule has 1 aromatic rings. The molecule has 0 radical (unpaired) electrons. The Balaban J connectivity index is 1.78. The Morgan fingerprint density at radius 1 is 1.12 bits per heavy atom. The molecular weight excluding hydrogens is 556 g/mol. The molecule has 0 aromatic heterocycles. The quantitative estimate of drug-likeness (QED) is 0.0642. The van der Waals surface area contributed by atoms with Crippen molar-refractivity contribution in [1.82, 2.24) is 15.5 Å². The first-order valence-corrected chi connectivity index (χ1v) is 15.0. The van der Waals surface area contributed by atoms with Gasteiger partial charge in [-0.25, -0.2) is 0 Å². The largest absolute Gasteiger partial charge is 0.508 e. The van der Waals surface area contributed by atoms with Gasteiger partial charge in [0.25, 0.3) is 0 Å². The van der Waals surface area contributed by atoms with E-state index in [0.717, 1.165) is 0 Å². The molecule has 1 aliphatic heterocycles. The molecule has 43 heavy (non-hydrogen) atoms. The number of aliphatic imine (C=N–C) groups is 1. The molecule has 238 valence electrons. The van der Waals surface area contributed by atoms with Gasteiger partial charge in [-0.15, -0.1) is 0 Å². The minimum absolute atomic E-state index is 0.00391. The van der Waals surface area contributed by atoms with Crippen molar-refractivity contribution in [3.05, 3.63) is 29.8 Å². The zero-order valence-corrected chi connectivity index (χ0v) is 24.9. The standard InChI is InChI=1S/C30H46N6O7/c1-17(2)12-23(35-28(42)26(40)13-18-5-8-21(38)9-6-18)29(43)36-24-15-22(39)10-7-19(24)14-25(36)27(41)34-20(16-37)4-3-11-33-30(31)32/h5-6,8-9,16-17,19-20,22-26,38-40H,3-4,7,10-15H2,1-2H3,(H,34,41)(H,35,42)(H4,31,32,33)/t19-,20-,22+,23+,24-,25-,26+/m0/s1. The molecule has 1 saturated carbocycles. The van der Waals surface area contributed by atoms with Gasteiger partial charge in [-0.05, 0) is 74.5 Å². The lowest BCUT2D eigenvalue weighted by Crippen LogP contribution is -2.58. The number of phenolic OH excluding ortho intramolecular Hbond substituents is 1. The molecule has 2 aliphatic rings. The van der Waals surface area contributed by atoms with E-state index in [0.29, 0.717) is 56.9 Å². The summed E-state index contributed by atoms with van der Waals surface area (Å²) < 4.78 is 0. The second-order valence-electron chi connectivity index (χ2n) is 12.1. The minimum Gasteiger partial charge on any atom is -0.508 e. The molecule has 2 fully saturated rings. The van der Waals surface area contributed by atoms with Crippen molar-refractivity contribution >= 4 is 30.0 Å². The van der Waals surface area contributed by atoms with Crippen LogP contribution >= 0.6 is 0 Å². The summed E-state index contributed by atoms with van der Waals surface area (Å²) in [4.78, 5) is 57.9. The fourth-order valence-electron chi connectivity index (χ4n) is 6.05. The number of carbonyl (C=O) groups is 4. The van der Waals surface area contributed by atoms with Gasteiger partial charge in [-0.1, -0.05) is 26.0 Å². The Bertz CT molecular complexity index is 1140. The molecule has 13 heteroatoms. The van der Waals surface area contributed by atoms with Crippen molar-refractivity contribution in [2.45, 2.75) is 102 Å². The Morgan fingerprint density at radius 2 is 1.81 bits per heavy atom. The molecule has 3 rings (SSSR count). The van der Waals surface area contributed by atoms with Gasteiger partial charge in [-0.3, -0.25) is 19.4 Å². The monoisotopic (exact) mass is 602 g/mol. The van der Waals surface area contributed by atoms with Crippen LogP contribution in [0.4, 0.5) is 0 Å². The highest BCUT2D eigenvalue weighted by Crippen LogP contribution is 2.40. The minimum atomic E-state index is -1.44. The molecule has 3 amide bonds. The van der Waals surface area contributed by atoms with Gasteiger partial charge in [0.15, 0.2) is 5.96 Å². The summed E-state index contributed by atoms with van der Waals surface area (Å²) in [5, 5.41) is 36.0. The highest BCUT2D eigenvalue weighted by Gasteiger charge is 2.50. The Kier molecular flexibility index (Phi) is 12.3. The summed E-state index contributed by atoms with van der Waals surface area (Å²) >= 11 is 0. The van der Waals surface area contributed by atoms with E-state index in [4.69, 9.17) is 11.5 Å². The Morgan fingerprint density at radius 3 is 2.44 bits per heavy atom. The molecule has 1 saturated heterocycles. The summed E-state index contributed by atoms with van der Waals surface area (Å²) in [7, 11) is 0. The number of likely N-dealkylation sites (tertiary alicyclic amines) is 1. The number of nitrogens with two attached hydrogens (primary N) is 2. The first kappa shape index (κ1) is 33.8. The van der Waals surface area contributed by atoms with Crippen molar-refractivity contribution in [1.29, 1.82) is 0 Å². The Labute approximate surface area is 252 Å². The van der Waals surface area contributed by atoms with Gasteiger partial charge < -0.3 is 47.1 Å². The van der Waals surface area contributed by atoms with Crippen LogP contribution in [0.15, 0.2) is 29.3 Å².